The number of alkyl halides is 9. The predicted octanol–water partition coefficient (Wildman–Crippen LogP) is 5.28. The lowest BCUT2D eigenvalue weighted by Crippen LogP contribution is -2.65. The summed E-state index contributed by atoms with van der Waals surface area (Å²) in [6.45, 7) is 0.00905. The summed E-state index contributed by atoms with van der Waals surface area (Å²) in [6, 6.07) is 0. The molecule has 14 heteroatoms. The first-order chi connectivity index (χ1) is 11.6. The number of halogens is 9. The van der Waals surface area contributed by atoms with Crippen LogP contribution in [-0.2, 0) is 23.7 Å². The van der Waals surface area contributed by atoms with Crippen molar-refractivity contribution in [3.8, 4) is 0 Å². The fourth-order valence-electron chi connectivity index (χ4n) is 1.97. The molecule has 0 aromatic carbocycles. The summed E-state index contributed by atoms with van der Waals surface area (Å²) in [5.74, 6) is -6.39. The Kier molecular flexibility index (Phi) is 9.73. The molecular formula is C12H17Cl3F6O5. The molecule has 2 atom stereocenters. The third-order valence-corrected chi connectivity index (χ3v) is 2.90. The second kappa shape index (κ2) is 9.64. The molecule has 5 nitrogen and oxygen atoms in total. The SMILES string of the molecule is CCCC(OC)(OC(F)(F)F)C(OCC)(OCC(F)(F)F)OC(Cl)(Cl)Cl. The van der Waals surface area contributed by atoms with Gasteiger partial charge in [0.05, 0.1) is 0 Å². The highest BCUT2D eigenvalue weighted by molar-refractivity contribution is 6.66. The van der Waals surface area contributed by atoms with E-state index in [1.54, 1.807) is 0 Å². The molecule has 0 amide bonds. The van der Waals surface area contributed by atoms with Crippen LogP contribution < -0.4 is 0 Å². The van der Waals surface area contributed by atoms with Crippen LogP contribution in [0.2, 0.25) is 0 Å². The van der Waals surface area contributed by atoms with Crippen LogP contribution in [0.5, 0.6) is 0 Å². The molecule has 0 saturated carbocycles. The van der Waals surface area contributed by atoms with E-state index in [1.807, 2.05) is 0 Å². The molecule has 0 heterocycles. The van der Waals surface area contributed by atoms with E-state index in [9.17, 15) is 26.3 Å². The van der Waals surface area contributed by atoms with Crippen molar-refractivity contribution >= 4 is 34.8 Å². The summed E-state index contributed by atoms with van der Waals surface area (Å²) in [6.07, 6.45) is -11.1. The van der Waals surface area contributed by atoms with E-state index in [0.717, 1.165) is 0 Å². The number of ether oxygens (including phenoxy) is 5. The second-order valence-corrected chi connectivity index (χ2v) is 6.87. The van der Waals surface area contributed by atoms with Crippen LogP contribution in [0, 0.1) is 0 Å². The Hall–Kier alpha value is 0.250. The van der Waals surface area contributed by atoms with Crippen molar-refractivity contribution in [3.05, 3.63) is 0 Å². The maximum Gasteiger partial charge on any atom is 0.525 e. The number of hydrogen-bond acceptors (Lipinski definition) is 5. The Morgan fingerprint density at radius 2 is 1.38 bits per heavy atom. The van der Waals surface area contributed by atoms with Crippen molar-refractivity contribution in [2.75, 3.05) is 20.3 Å². The first-order valence-electron chi connectivity index (χ1n) is 6.99. The highest BCUT2D eigenvalue weighted by Crippen LogP contribution is 2.46. The van der Waals surface area contributed by atoms with Gasteiger partial charge in [0.2, 0.25) is 0 Å². The monoisotopic (exact) mass is 460 g/mol. The van der Waals surface area contributed by atoms with Gasteiger partial charge in [0.15, 0.2) is 0 Å². The summed E-state index contributed by atoms with van der Waals surface area (Å²) in [4.78, 5) is 0. The van der Waals surface area contributed by atoms with Crippen molar-refractivity contribution in [2.24, 2.45) is 0 Å². The molecule has 0 fully saturated rings. The van der Waals surface area contributed by atoms with Crippen LogP contribution in [-0.4, -0.2) is 48.6 Å². The minimum absolute atomic E-state index is 0.0860. The van der Waals surface area contributed by atoms with Crippen LogP contribution in [0.3, 0.4) is 0 Å². The molecule has 0 N–H and O–H groups in total. The molecule has 0 radical (unpaired) electrons. The Bertz CT molecular complexity index is 431. The molecule has 0 aliphatic carbocycles. The summed E-state index contributed by atoms with van der Waals surface area (Å²) in [5.41, 5.74) is 0. The molecule has 0 aliphatic rings. The zero-order chi connectivity index (χ0) is 20.9. The zero-order valence-corrected chi connectivity index (χ0v) is 16.0. The quantitative estimate of drug-likeness (QED) is 0.252. The van der Waals surface area contributed by atoms with E-state index in [4.69, 9.17) is 49.0 Å². The molecule has 158 valence electrons. The Morgan fingerprint density at radius 1 is 0.846 bits per heavy atom. The van der Waals surface area contributed by atoms with Gasteiger partial charge in [-0.05, 0) is 6.92 Å². The van der Waals surface area contributed by atoms with E-state index in [-0.39, 0.29) is 6.42 Å². The summed E-state index contributed by atoms with van der Waals surface area (Å²) >= 11 is 16.2. The van der Waals surface area contributed by atoms with Gasteiger partial charge in [-0.15, -0.1) is 13.2 Å². The second-order valence-electron chi connectivity index (χ2n) is 4.70. The van der Waals surface area contributed by atoms with Gasteiger partial charge in [0.25, 0.3) is 5.79 Å². The topological polar surface area (TPSA) is 46.2 Å². The van der Waals surface area contributed by atoms with Gasteiger partial charge in [-0.25, -0.2) is 0 Å². The lowest BCUT2D eigenvalue weighted by molar-refractivity contribution is -0.544. The Morgan fingerprint density at radius 3 is 1.69 bits per heavy atom. The maximum atomic E-state index is 12.9. The number of rotatable bonds is 10. The molecule has 26 heavy (non-hydrogen) atoms. The van der Waals surface area contributed by atoms with Gasteiger partial charge in [0.1, 0.15) is 6.61 Å². The fourth-order valence-corrected chi connectivity index (χ4v) is 2.27. The predicted molar refractivity (Wildman–Crippen MR) is 79.5 cm³/mol. The smallest absolute Gasteiger partial charge is 0.346 e. The minimum atomic E-state index is -5.38. The van der Waals surface area contributed by atoms with Crippen molar-refractivity contribution in [1.29, 1.82) is 0 Å². The third kappa shape index (κ3) is 8.51. The zero-order valence-electron chi connectivity index (χ0n) is 13.8. The van der Waals surface area contributed by atoms with E-state index in [1.165, 1.54) is 13.8 Å². The van der Waals surface area contributed by atoms with Crippen molar-refractivity contribution < 1.29 is 50.0 Å². The first kappa shape index (κ1) is 26.2. The molecule has 0 aromatic heterocycles. The number of methoxy groups -OCH3 is 1. The normalized spacial score (nSPS) is 18.5. The van der Waals surface area contributed by atoms with E-state index in [2.05, 4.69) is 9.47 Å². The van der Waals surface area contributed by atoms with Gasteiger partial charge in [-0.2, -0.15) is 13.2 Å². The van der Waals surface area contributed by atoms with Crippen LogP contribution in [0.1, 0.15) is 26.7 Å². The number of hydrogen-bond donors (Lipinski definition) is 0. The van der Waals surface area contributed by atoms with Crippen molar-refractivity contribution in [2.45, 2.75) is 55.0 Å². The minimum Gasteiger partial charge on any atom is -0.346 e. The van der Waals surface area contributed by atoms with Crippen LogP contribution in [0.15, 0.2) is 0 Å². The molecule has 0 spiro atoms. The molecule has 0 bridgehead atoms. The molecule has 2 unspecified atom stereocenters. The molecule has 0 aliphatic heterocycles. The molecule has 0 aromatic rings. The highest BCUT2D eigenvalue weighted by atomic mass is 35.6. The molecular weight excluding hydrogens is 444 g/mol. The third-order valence-electron chi connectivity index (χ3n) is 2.67. The maximum absolute atomic E-state index is 12.9. The summed E-state index contributed by atoms with van der Waals surface area (Å²) in [7, 11) is 0.716. The molecule has 0 saturated heterocycles. The van der Waals surface area contributed by atoms with Crippen molar-refractivity contribution in [3.63, 3.8) is 0 Å². The van der Waals surface area contributed by atoms with Gasteiger partial charge in [-0.1, -0.05) is 48.1 Å². The van der Waals surface area contributed by atoms with Crippen LogP contribution >= 0.6 is 34.8 Å². The lowest BCUT2D eigenvalue weighted by Gasteiger charge is -2.47. The average molecular weight is 462 g/mol. The van der Waals surface area contributed by atoms with Gasteiger partial charge >= 0.3 is 22.5 Å². The lowest BCUT2D eigenvalue weighted by atomic mass is 10.1. The van der Waals surface area contributed by atoms with E-state index < -0.39 is 47.9 Å². The van der Waals surface area contributed by atoms with E-state index >= 15 is 0 Å². The Labute approximate surface area is 160 Å². The van der Waals surface area contributed by atoms with Gasteiger partial charge in [-0.3, -0.25) is 9.47 Å². The molecule has 0 rings (SSSR count). The van der Waals surface area contributed by atoms with Gasteiger partial charge < -0.3 is 14.2 Å². The van der Waals surface area contributed by atoms with Crippen LogP contribution in [0.25, 0.3) is 0 Å². The first-order valence-corrected chi connectivity index (χ1v) is 8.12. The summed E-state index contributed by atoms with van der Waals surface area (Å²) < 4.78 is 96.7. The summed E-state index contributed by atoms with van der Waals surface area (Å²) in [5, 5.41) is 0. The van der Waals surface area contributed by atoms with Gasteiger partial charge in [0, 0.05) is 20.1 Å². The average Bonchev–Trinajstić information content (AvgIpc) is 2.40. The van der Waals surface area contributed by atoms with E-state index in [0.29, 0.717) is 7.11 Å². The fraction of sp³-hybridized carbons (Fsp3) is 1.00. The highest BCUT2D eigenvalue weighted by Gasteiger charge is 2.65. The standard InChI is InChI=1S/C12H17Cl3F6O5/c1-4-6-8(22-3,25-12(19,20)21)10(23-5-2,26-11(13,14)15)24-7-9(16,17)18/h4-7H2,1-3H3. The van der Waals surface area contributed by atoms with Crippen molar-refractivity contribution in [1.82, 2.24) is 0 Å². The largest absolute Gasteiger partial charge is 0.525 e. The Balaban J connectivity index is 6.34. The van der Waals surface area contributed by atoms with Crippen LogP contribution in [0.4, 0.5) is 26.3 Å².